The number of unbranched alkanes of at least 4 members (excludes halogenated alkanes) is 37. The predicted octanol–water partition coefficient (Wildman–Crippen LogP) is 16.1. The van der Waals surface area contributed by atoms with E-state index in [1.807, 2.05) is 0 Å². The Kier molecular flexibility index (Phi) is 49.1. The first-order chi connectivity index (χ1) is 29.5. The highest BCUT2D eigenvalue weighted by Crippen LogP contribution is 2.17. The molecule has 3 N–H and O–H groups in total. The summed E-state index contributed by atoms with van der Waals surface area (Å²) < 4.78 is 5.46. The maximum atomic E-state index is 12.4. The minimum Gasteiger partial charge on any atom is -0.466 e. The van der Waals surface area contributed by atoms with Gasteiger partial charge in [-0.15, -0.1) is 0 Å². The van der Waals surface area contributed by atoms with Gasteiger partial charge in [-0.1, -0.05) is 244 Å². The van der Waals surface area contributed by atoms with Gasteiger partial charge in [0.15, 0.2) is 0 Å². The van der Waals surface area contributed by atoms with Gasteiger partial charge >= 0.3 is 5.97 Å². The van der Waals surface area contributed by atoms with Gasteiger partial charge < -0.3 is 20.3 Å². The molecule has 0 aromatic heterocycles. The van der Waals surface area contributed by atoms with Gasteiger partial charge in [0.25, 0.3) is 0 Å². The van der Waals surface area contributed by atoms with Gasteiger partial charge in [-0.2, -0.15) is 0 Å². The lowest BCUT2D eigenvalue weighted by Crippen LogP contribution is -2.45. The minimum absolute atomic E-state index is 0.00103. The number of esters is 1. The van der Waals surface area contributed by atoms with Crippen molar-refractivity contribution in [1.29, 1.82) is 0 Å². The van der Waals surface area contributed by atoms with Crippen LogP contribution in [-0.4, -0.2) is 47.4 Å². The number of ether oxygens (including phenoxy) is 1. The Morgan fingerprint density at radius 1 is 0.450 bits per heavy atom. The summed E-state index contributed by atoms with van der Waals surface area (Å²) in [7, 11) is 0. The zero-order chi connectivity index (χ0) is 43.7. The monoisotopic (exact) mass is 848 g/mol. The Balaban J connectivity index is 3.46. The smallest absolute Gasteiger partial charge is 0.305 e. The molecule has 1 amide bonds. The Morgan fingerprint density at radius 3 is 1.18 bits per heavy atom. The lowest BCUT2D eigenvalue weighted by Gasteiger charge is -2.22. The van der Waals surface area contributed by atoms with E-state index in [4.69, 9.17) is 4.74 Å². The number of rotatable bonds is 50. The van der Waals surface area contributed by atoms with E-state index in [2.05, 4.69) is 31.3 Å². The zero-order valence-corrected chi connectivity index (χ0v) is 40.5. The second-order valence-corrected chi connectivity index (χ2v) is 18.6. The van der Waals surface area contributed by atoms with Crippen LogP contribution in [0.15, 0.2) is 12.2 Å². The van der Waals surface area contributed by atoms with Gasteiger partial charge in [0.2, 0.25) is 5.91 Å². The van der Waals surface area contributed by atoms with Gasteiger partial charge in [0.1, 0.15) is 0 Å². The van der Waals surface area contributed by atoms with E-state index in [-0.39, 0.29) is 18.5 Å². The molecule has 0 bridgehead atoms. The molecule has 6 nitrogen and oxygen atoms in total. The summed E-state index contributed by atoms with van der Waals surface area (Å²) in [6.07, 6.45) is 57.5. The Bertz CT molecular complexity index is 893. The molecule has 0 heterocycles. The maximum absolute atomic E-state index is 12.4. The Labute approximate surface area is 374 Å². The number of nitrogens with one attached hydrogen (secondary N) is 1. The highest BCUT2D eigenvalue weighted by atomic mass is 16.5. The van der Waals surface area contributed by atoms with E-state index in [1.165, 1.54) is 199 Å². The summed E-state index contributed by atoms with van der Waals surface area (Å²) in [6.45, 7) is 4.94. The molecular formula is C54H105NO5. The molecule has 0 aliphatic rings. The number of carbonyl (C=O) groups is 2. The molecule has 2 unspecified atom stereocenters. The fourth-order valence-electron chi connectivity index (χ4n) is 8.40. The van der Waals surface area contributed by atoms with E-state index in [0.29, 0.717) is 25.9 Å². The second kappa shape index (κ2) is 50.2. The van der Waals surface area contributed by atoms with Gasteiger partial charge in [-0.3, -0.25) is 9.59 Å². The van der Waals surface area contributed by atoms with Crippen molar-refractivity contribution >= 4 is 11.9 Å². The topological polar surface area (TPSA) is 95.9 Å². The van der Waals surface area contributed by atoms with Crippen molar-refractivity contribution in [1.82, 2.24) is 5.32 Å². The van der Waals surface area contributed by atoms with Gasteiger partial charge in [-0.05, 0) is 51.4 Å². The predicted molar refractivity (Wildman–Crippen MR) is 260 cm³/mol. The van der Waals surface area contributed by atoms with Crippen LogP contribution in [0, 0.1) is 0 Å². The third kappa shape index (κ3) is 46.1. The fraction of sp³-hybridized carbons (Fsp3) is 0.926. The molecule has 0 fully saturated rings. The van der Waals surface area contributed by atoms with Crippen LogP contribution in [0.1, 0.15) is 296 Å². The van der Waals surface area contributed by atoms with Crippen LogP contribution in [0.4, 0.5) is 0 Å². The minimum atomic E-state index is -0.673. The van der Waals surface area contributed by atoms with Crippen LogP contribution in [-0.2, 0) is 14.3 Å². The van der Waals surface area contributed by atoms with Crippen LogP contribution in [0.2, 0.25) is 0 Å². The molecule has 6 heteroatoms. The molecule has 0 aromatic rings. The maximum Gasteiger partial charge on any atom is 0.305 e. The molecule has 0 saturated heterocycles. The highest BCUT2D eigenvalue weighted by molar-refractivity contribution is 5.76. The molecule has 356 valence electrons. The summed E-state index contributed by atoms with van der Waals surface area (Å²) in [5, 5.41) is 23.2. The normalized spacial score (nSPS) is 12.7. The van der Waals surface area contributed by atoms with Gasteiger partial charge in [-0.25, -0.2) is 0 Å². The first-order valence-electron chi connectivity index (χ1n) is 26.9. The van der Waals surface area contributed by atoms with E-state index in [1.54, 1.807) is 0 Å². The number of carbonyl (C=O) groups excluding carboxylic acids is 2. The summed E-state index contributed by atoms with van der Waals surface area (Å²) in [6, 6.07) is -0.552. The zero-order valence-electron chi connectivity index (χ0n) is 40.5. The number of aliphatic hydroxyl groups excluding tert-OH is 2. The fourth-order valence-corrected chi connectivity index (χ4v) is 8.40. The average molecular weight is 848 g/mol. The molecule has 0 radical (unpaired) electrons. The second-order valence-electron chi connectivity index (χ2n) is 18.6. The van der Waals surface area contributed by atoms with Crippen LogP contribution >= 0.6 is 0 Å². The van der Waals surface area contributed by atoms with Crippen LogP contribution in [0.3, 0.4) is 0 Å². The van der Waals surface area contributed by atoms with Gasteiger partial charge in [0, 0.05) is 12.8 Å². The lowest BCUT2D eigenvalue weighted by molar-refractivity contribution is -0.143. The van der Waals surface area contributed by atoms with Crippen molar-refractivity contribution in [3.8, 4) is 0 Å². The number of hydrogen-bond acceptors (Lipinski definition) is 5. The summed E-state index contributed by atoms with van der Waals surface area (Å²) in [5.41, 5.74) is 0. The molecule has 0 aliphatic heterocycles. The number of amides is 1. The van der Waals surface area contributed by atoms with Crippen LogP contribution in [0.25, 0.3) is 0 Å². The third-order valence-corrected chi connectivity index (χ3v) is 12.6. The standard InChI is InChI=1S/C54H105NO5/c1-3-5-7-9-11-13-15-17-23-26-30-34-38-42-46-52(57)51(50-56)55-53(58)47-43-39-35-31-27-24-20-18-19-21-25-29-33-37-41-45-49-60-54(59)48-44-40-36-32-28-22-16-14-12-10-8-6-4-2/h18,20,51-52,56-57H,3-17,19,21-50H2,1-2H3,(H,55,58)/b20-18-. The Hall–Kier alpha value is -1.40. The summed E-state index contributed by atoms with van der Waals surface area (Å²) >= 11 is 0. The summed E-state index contributed by atoms with van der Waals surface area (Å²) in [4.78, 5) is 24.5. The van der Waals surface area contributed by atoms with Crippen molar-refractivity contribution in [3.05, 3.63) is 12.2 Å². The molecule has 0 spiro atoms. The van der Waals surface area contributed by atoms with Crippen molar-refractivity contribution in [2.75, 3.05) is 13.2 Å². The SMILES string of the molecule is CCCCCCCCCCCCCCCCC(O)C(CO)NC(=O)CCCCCCC/C=C\CCCCCCCCCOC(=O)CCCCCCCCCCCCCCC. The molecule has 60 heavy (non-hydrogen) atoms. The molecule has 0 saturated carbocycles. The number of allylic oxidation sites excluding steroid dienone is 2. The summed E-state index contributed by atoms with van der Waals surface area (Å²) in [5.74, 6) is -0.0519. The lowest BCUT2D eigenvalue weighted by atomic mass is 10.0. The van der Waals surface area contributed by atoms with Crippen molar-refractivity contribution in [2.24, 2.45) is 0 Å². The molecule has 2 atom stereocenters. The first-order valence-corrected chi connectivity index (χ1v) is 26.9. The van der Waals surface area contributed by atoms with Crippen molar-refractivity contribution in [3.63, 3.8) is 0 Å². The van der Waals surface area contributed by atoms with Crippen LogP contribution < -0.4 is 5.32 Å². The average Bonchev–Trinajstić information content (AvgIpc) is 3.25. The molecule has 0 aliphatic carbocycles. The molecule has 0 rings (SSSR count). The highest BCUT2D eigenvalue weighted by Gasteiger charge is 2.20. The quantitative estimate of drug-likeness (QED) is 0.0322. The van der Waals surface area contributed by atoms with Gasteiger partial charge in [0.05, 0.1) is 25.4 Å². The molecular weight excluding hydrogens is 743 g/mol. The number of hydrogen-bond donors (Lipinski definition) is 3. The van der Waals surface area contributed by atoms with Crippen LogP contribution in [0.5, 0.6) is 0 Å². The largest absolute Gasteiger partial charge is 0.466 e. The third-order valence-electron chi connectivity index (χ3n) is 12.6. The van der Waals surface area contributed by atoms with E-state index >= 15 is 0 Å². The first kappa shape index (κ1) is 58.6. The Morgan fingerprint density at radius 2 is 0.783 bits per heavy atom. The molecule has 0 aromatic carbocycles. The van der Waals surface area contributed by atoms with Crippen molar-refractivity contribution < 1.29 is 24.5 Å². The van der Waals surface area contributed by atoms with E-state index in [0.717, 1.165) is 64.2 Å². The van der Waals surface area contributed by atoms with E-state index < -0.39 is 12.1 Å². The number of aliphatic hydroxyl groups is 2. The van der Waals surface area contributed by atoms with Crippen molar-refractivity contribution in [2.45, 2.75) is 309 Å². The van der Waals surface area contributed by atoms with E-state index in [9.17, 15) is 19.8 Å².